The molecule has 0 amide bonds. The highest BCUT2D eigenvalue weighted by molar-refractivity contribution is 6.24. The van der Waals surface area contributed by atoms with Crippen LogP contribution in [-0.2, 0) is 0 Å². The van der Waals surface area contributed by atoms with Crippen molar-refractivity contribution in [1.29, 1.82) is 0 Å². The van der Waals surface area contributed by atoms with Crippen molar-refractivity contribution >= 4 is 76.9 Å². The van der Waals surface area contributed by atoms with Crippen LogP contribution in [0, 0.1) is 0 Å². The molecule has 0 saturated heterocycles. The van der Waals surface area contributed by atoms with Gasteiger partial charge in [-0.25, -0.2) is 9.97 Å². The maximum atomic E-state index is 5.31. The summed E-state index contributed by atoms with van der Waals surface area (Å²) >= 11 is 0. The first-order valence-electron chi connectivity index (χ1n) is 19.6. The standard InChI is InChI=1S/C54H36N4/c1-2-36(37-18-5-3-6-19-37)20-17-29-48-44-26-11-14-28-47(44)55-54(56-48)58-49-30-15-12-24-41(49)42-33-32-38(34-51(42)58)46-35-52-53(43-25-10-9-23-40(43)46)45-27-13-16-31-50(45)57(52)39-21-7-4-8-22-39/h2-35H,1H2/b29-17+,36-20+. The first kappa shape index (κ1) is 33.5. The Balaban J connectivity index is 1.15. The van der Waals surface area contributed by atoms with Crippen molar-refractivity contribution in [1.82, 2.24) is 19.1 Å². The normalized spacial score (nSPS) is 12.2. The topological polar surface area (TPSA) is 35.6 Å². The maximum Gasteiger partial charge on any atom is 0.235 e. The van der Waals surface area contributed by atoms with Crippen LogP contribution in [0.5, 0.6) is 0 Å². The Hall–Kier alpha value is -7.82. The zero-order chi connectivity index (χ0) is 38.6. The van der Waals surface area contributed by atoms with Gasteiger partial charge in [-0.1, -0.05) is 164 Å². The molecule has 272 valence electrons. The fraction of sp³-hybridized carbons (Fsp3) is 0. The van der Waals surface area contributed by atoms with Gasteiger partial charge in [-0.3, -0.25) is 4.57 Å². The van der Waals surface area contributed by atoms with Crippen LogP contribution >= 0.6 is 0 Å². The maximum absolute atomic E-state index is 5.31. The Bertz CT molecular complexity index is 3460. The number of nitrogens with zero attached hydrogens (tertiary/aromatic N) is 4. The molecule has 0 unspecified atom stereocenters. The van der Waals surface area contributed by atoms with Crippen molar-refractivity contribution in [2.75, 3.05) is 0 Å². The Kier molecular flexibility index (Phi) is 7.93. The molecule has 0 bridgehead atoms. The van der Waals surface area contributed by atoms with E-state index in [0.717, 1.165) is 60.8 Å². The predicted octanol–water partition coefficient (Wildman–Crippen LogP) is 13.9. The summed E-state index contributed by atoms with van der Waals surface area (Å²) in [4.78, 5) is 10.5. The molecule has 3 aromatic heterocycles. The van der Waals surface area contributed by atoms with E-state index in [1.165, 1.54) is 38.1 Å². The molecule has 0 atom stereocenters. The second-order valence-corrected chi connectivity index (χ2v) is 14.6. The molecule has 58 heavy (non-hydrogen) atoms. The number of rotatable bonds is 7. The monoisotopic (exact) mass is 740 g/mol. The average molecular weight is 741 g/mol. The Morgan fingerprint density at radius 2 is 1.10 bits per heavy atom. The zero-order valence-corrected chi connectivity index (χ0v) is 31.6. The van der Waals surface area contributed by atoms with Gasteiger partial charge < -0.3 is 4.57 Å². The Morgan fingerprint density at radius 1 is 0.483 bits per heavy atom. The van der Waals surface area contributed by atoms with Crippen LogP contribution in [0.3, 0.4) is 0 Å². The summed E-state index contributed by atoms with van der Waals surface area (Å²) in [5.74, 6) is 0.627. The minimum Gasteiger partial charge on any atom is -0.309 e. The van der Waals surface area contributed by atoms with Crippen LogP contribution in [0.1, 0.15) is 11.3 Å². The third-order valence-corrected chi connectivity index (χ3v) is 11.4. The molecule has 8 aromatic carbocycles. The van der Waals surface area contributed by atoms with Gasteiger partial charge in [-0.2, -0.15) is 0 Å². The van der Waals surface area contributed by atoms with E-state index < -0.39 is 0 Å². The quantitative estimate of drug-likeness (QED) is 0.153. The van der Waals surface area contributed by atoms with Crippen molar-refractivity contribution in [2.45, 2.75) is 0 Å². The molecule has 0 aliphatic rings. The fourth-order valence-electron chi connectivity index (χ4n) is 8.75. The number of benzene rings is 8. The highest BCUT2D eigenvalue weighted by atomic mass is 15.2. The Labute approximate surface area is 335 Å². The second-order valence-electron chi connectivity index (χ2n) is 14.6. The van der Waals surface area contributed by atoms with Crippen LogP contribution in [0.15, 0.2) is 207 Å². The third kappa shape index (κ3) is 5.38. The number of para-hydroxylation sites is 4. The van der Waals surface area contributed by atoms with Gasteiger partial charge in [-0.05, 0) is 81.6 Å². The van der Waals surface area contributed by atoms with E-state index in [1.807, 2.05) is 36.4 Å². The number of aromatic nitrogens is 4. The lowest BCUT2D eigenvalue weighted by Crippen LogP contribution is -2.03. The van der Waals surface area contributed by atoms with Crippen LogP contribution in [0.2, 0.25) is 0 Å². The molecular weight excluding hydrogens is 705 g/mol. The third-order valence-electron chi connectivity index (χ3n) is 11.4. The van der Waals surface area contributed by atoms with Gasteiger partial charge in [0.25, 0.3) is 0 Å². The SMILES string of the molecule is C=C/C(=C\C=C\c1nc(-n2c3ccccc3c3ccc(-c4cc5c(c6ccccc46)c4ccccc4n5-c4ccccc4)cc32)nc2ccccc12)c1ccccc1. The summed E-state index contributed by atoms with van der Waals surface area (Å²) in [5, 5.41) is 8.25. The molecule has 0 saturated carbocycles. The van der Waals surface area contributed by atoms with E-state index in [2.05, 4.69) is 186 Å². The van der Waals surface area contributed by atoms with E-state index in [9.17, 15) is 0 Å². The highest BCUT2D eigenvalue weighted by Gasteiger charge is 2.20. The number of fused-ring (bicyclic) bond motifs is 9. The van der Waals surface area contributed by atoms with Crippen LogP contribution < -0.4 is 0 Å². The van der Waals surface area contributed by atoms with E-state index in [1.54, 1.807) is 0 Å². The van der Waals surface area contributed by atoms with Gasteiger partial charge in [-0.15, -0.1) is 0 Å². The van der Waals surface area contributed by atoms with E-state index in [4.69, 9.17) is 9.97 Å². The van der Waals surface area contributed by atoms with Crippen molar-refractivity contribution in [3.05, 3.63) is 218 Å². The van der Waals surface area contributed by atoms with Crippen molar-refractivity contribution in [2.24, 2.45) is 0 Å². The van der Waals surface area contributed by atoms with E-state index >= 15 is 0 Å². The summed E-state index contributed by atoms with van der Waals surface area (Å²) in [6, 6.07) is 64.6. The molecular formula is C54H36N4. The molecule has 4 heteroatoms. The lowest BCUT2D eigenvalue weighted by atomic mass is 9.94. The van der Waals surface area contributed by atoms with Crippen LogP contribution in [0.25, 0.3) is 99.7 Å². The van der Waals surface area contributed by atoms with Crippen molar-refractivity contribution in [3.8, 4) is 22.8 Å². The van der Waals surface area contributed by atoms with Gasteiger partial charge >= 0.3 is 0 Å². The zero-order valence-electron chi connectivity index (χ0n) is 31.6. The van der Waals surface area contributed by atoms with Gasteiger partial charge in [0.05, 0.1) is 33.3 Å². The summed E-state index contributed by atoms with van der Waals surface area (Å²) in [7, 11) is 0. The van der Waals surface area contributed by atoms with E-state index in [0.29, 0.717) is 5.95 Å². The summed E-state index contributed by atoms with van der Waals surface area (Å²) in [5.41, 5.74) is 11.8. The van der Waals surface area contributed by atoms with Crippen LogP contribution in [0.4, 0.5) is 0 Å². The molecule has 0 aliphatic heterocycles. The van der Waals surface area contributed by atoms with Crippen LogP contribution in [-0.4, -0.2) is 19.1 Å². The lowest BCUT2D eigenvalue weighted by molar-refractivity contribution is 1.01. The van der Waals surface area contributed by atoms with Gasteiger partial charge in [0.2, 0.25) is 5.95 Å². The Morgan fingerprint density at radius 3 is 1.88 bits per heavy atom. The lowest BCUT2D eigenvalue weighted by Gasteiger charge is -2.13. The molecule has 0 spiro atoms. The van der Waals surface area contributed by atoms with Gasteiger partial charge in [0.15, 0.2) is 0 Å². The molecule has 11 rings (SSSR count). The molecule has 11 aromatic rings. The predicted molar refractivity (Wildman–Crippen MR) is 245 cm³/mol. The summed E-state index contributed by atoms with van der Waals surface area (Å²) < 4.78 is 4.63. The minimum atomic E-state index is 0.627. The fourth-order valence-corrected chi connectivity index (χ4v) is 8.75. The number of hydrogen-bond donors (Lipinski definition) is 0. The van der Waals surface area contributed by atoms with E-state index in [-0.39, 0.29) is 0 Å². The first-order valence-corrected chi connectivity index (χ1v) is 19.6. The molecule has 3 heterocycles. The summed E-state index contributed by atoms with van der Waals surface area (Å²) in [6.07, 6.45) is 8.11. The van der Waals surface area contributed by atoms with Crippen molar-refractivity contribution < 1.29 is 0 Å². The molecule has 0 fully saturated rings. The van der Waals surface area contributed by atoms with Crippen molar-refractivity contribution in [3.63, 3.8) is 0 Å². The molecule has 0 N–H and O–H groups in total. The number of allylic oxidation sites excluding steroid dienone is 4. The van der Waals surface area contributed by atoms with Gasteiger partial charge in [0, 0.05) is 32.6 Å². The molecule has 0 radical (unpaired) electrons. The highest BCUT2D eigenvalue weighted by Crippen LogP contribution is 2.43. The van der Waals surface area contributed by atoms with Gasteiger partial charge in [0.1, 0.15) is 0 Å². The molecule has 0 aliphatic carbocycles. The first-order chi connectivity index (χ1) is 28.7. The number of hydrogen-bond acceptors (Lipinski definition) is 2. The second kappa shape index (κ2) is 13.7. The summed E-state index contributed by atoms with van der Waals surface area (Å²) in [6.45, 7) is 4.07. The smallest absolute Gasteiger partial charge is 0.235 e. The average Bonchev–Trinajstić information content (AvgIpc) is 3.80. The molecule has 4 nitrogen and oxygen atoms in total. The largest absolute Gasteiger partial charge is 0.309 e. The minimum absolute atomic E-state index is 0.627.